The van der Waals surface area contributed by atoms with Crippen LogP contribution in [0.5, 0.6) is 5.75 Å². The van der Waals surface area contributed by atoms with Crippen molar-refractivity contribution in [1.29, 1.82) is 0 Å². The van der Waals surface area contributed by atoms with Crippen LogP contribution in [0.2, 0.25) is 0 Å². The highest BCUT2D eigenvalue weighted by Gasteiger charge is 2.09. The van der Waals surface area contributed by atoms with E-state index in [1.54, 1.807) is 25.3 Å². The zero-order valence-electron chi connectivity index (χ0n) is 21.4. The molecule has 0 aliphatic rings. The topological polar surface area (TPSA) is 105 Å². The summed E-state index contributed by atoms with van der Waals surface area (Å²) in [4.78, 5) is 12.7. The van der Waals surface area contributed by atoms with Gasteiger partial charge in [0.1, 0.15) is 11.4 Å². The number of nitro benzene ring substituents is 1. The number of aryl methyl sites for hydroxylation is 1. The summed E-state index contributed by atoms with van der Waals surface area (Å²) >= 11 is 0. The quantitative estimate of drug-likeness (QED) is 0.153. The van der Waals surface area contributed by atoms with Crippen LogP contribution in [0.1, 0.15) is 32.8 Å². The van der Waals surface area contributed by atoms with E-state index < -0.39 is 4.92 Å². The van der Waals surface area contributed by atoms with Gasteiger partial charge in [0.25, 0.3) is 5.69 Å². The van der Waals surface area contributed by atoms with Gasteiger partial charge in [0.05, 0.1) is 29.1 Å². The van der Waals surface area contributed by atoms with E-state index in [-0.39, 0.29) is 5.69 Å². The Labute approximate surface area is 211 Å². The molecule has 0 N–H and O–H groups in total. The number of nitro groups is 1. The van der Waals surface area contributed by atoms with Gasteiger partial charge in [0.15, 0.2) is 0 Å². The van der Waals surface area contributed by atoms with Gasteiger partial charge in [-0.15, -0.1) is 5.11 Å². The van der Waals surface area contributed by atoms with Gasteiger partial charge in [-0.2, -0.15) is 15.3 Å². The first-order valence-corrected chi connectivity index (χ1v) is 11.9. The summed E-state index contributed by atoms with van der Waals surface area (Å²) in [6.45, 7) is 10.5. The van der Waals surface area contributed by atoms with Crippen LogP contribution < -0.4 is 9.64 Å². The van der Waals surface area contributed by atoms with Crippen molar-refractivity contribution in [3.05, 3.63) is 76.3 Å². The highest BCUT2D eigenvalue weighted by Crippen LogP contribution is 2.36. The van der Waals surface area contributed by atoms with Gasteiger partial charge in [-0.1, -0.05) is 13.8 Å². The molecule has 0 heterocycles. The largest absolute Gasteiger partial charge is 0.494 e. The Morgan fingerprint density at radius 1 is 0.917 bits per heavy atom. The third-order valence-corrected chi connectivity index (χ3v) is 5.68. The summed E-state index contributed by atoms with van der Waals surface area (Å²) in [6.07, 6.45) is 1.15. The molecule has 0 spiro atoms. The van der Waals surface area contributed by atoms with E-state index in [9.17, 15) is 10.1 Å². The van der Waals surface area contributed by atoms with Crippen LogP contribution in [-0.2, 0) is 0 Å². The maximum absolute atomic E-state index is 10.8. The van der Waals surface area contributed by atoms with Crippen molar-refractivity contribution < 1.29 is 9.66 Å². The minimum atomic E-state index is -0.453. The van der Waals surface area contributed by atoms with Crippen LogP contribution in [0.3, 0.4) is 0 Å². The lowest BCUT2D eigenvalue weighted by molar-refractivity contribution is -0.384. The van der Waals surface area contributed by atoms with E-state index in [0.29, 0.717) is 28.7 Å². The fourth-order valence-electron chi connectivity index (χ4n) is 3.49. The highest BCUT2D eigenvalue weighted by atomic mass is 16.6. The van der Waals surface area contributed by atoms with Crippen molar-refractivity contribution in [3.63, 3.8) is 0 Å². The molecule has 9 heteroatoms. The average Bonchev–Trinajstić information content (AvgIpc) is 2.88. The summed E-state index contributed by atoms with van der Waals surface area (Å²) in [6, 6.07) is 17.5. The summed E-state index contributed by atoms with van der Waals surface area (Å²) in [5.74, 6) is 1.19. The normalized spacial score (nSPS) is 11.5. The predicted molar refractivity (Wildman–Crippen MR) is 143 cm³/mol. The fraction of sp³-hybridized carbons (Fsp3) is 0.333. The molecule has 0 saturated carbocycles. The zero-order valence-corrected chi connectivity index (χ0v) is 21.4. The van der Waals surface area contributed by atoms with Gasteiger partial charge in [-0.25, -0.2) is 0 Å². The van der Waals surface area contributed by atoms with Crippen molar-refractivity contribution >= 4 is 34.1 Å². The zero-order chi connectivity index (χ0) is 26.1. The number of methoxy groups -OCH3 is 1. The Bertz CT molecular complexity index is 1220. The Kier molecular flexibility index (Phi) is 9.21. The molecule has 188 valence electrons. The summed E-state index contributed by atoms with van der Waals surface area (Å²) in [5.41, 5.74) is 4.47. The SMILES string of the molecule is CCN(CCC(C)C)c1ccc(N=Nc2cc(C)c(N=Nc3ccc([N+](=O)[O-])cc3)cc2OC)cc1. The molecule has 0 aliphatic heterocycles. The summed E-state index contributed by atoms with van der Waals surface area (Å²) < 4.78 is 5.50. The molecule has 0 aliphatic carbocycles. The number of rotatable bonds is 11. The van der Waals surface area contributed by atoms with Crippen molar-refractivity contribution in [2.75, 3.05) is 25.1 Å². The average molecular weight is 489 g/mol. The van der Waals surface area contributed by atoms with Crippen LogP contribution in [0.4, 0.5) is 34.1 Å². The molecule has 9 nitrogen and oxygen atoms in total. The van der Waals surface area contributed by atoms with E-state index >= 15 is 0 Å². The maximum atomic E-state index is 10.8. The first-order valence-electron chi connectivity index (χ1n) is 11.9. The van der Waals surface area contributed by atoms with Gasteiger partial charge in [-0.3, -0.25) is 10.1 Å². The number of benzene rings is 3. The molecule has 0 atom stereocenters. The van der Waals surface area contributed by atoms with Gasteiger partial charge in [0, 0.05) is 37.0 Å². The van der Waals surface area contributed by atoms with Gasteiger partial charge in [0.2, 0.25) is 0 Å². The summed E-state index contributed by atoms with van der Waals surface area (Å²) in [7, 11) is 1.56. The molecule has 0 fully saturated rings. The number of hydrogen-bond donors (Lipinski definition) is 0. The Hall–Kier alpha value is -4.14. The molecule has 0 bridgehead atoms. The second-order valence-electron chi connectivity index (χ2n) is 8.76. The Balaban J connectivity index is 1.74. The standard InChI is InChI=1S/C27H32N6O3/c1-6-32(16-15-19(2)3)23-11-7-21(8-12-23)29-31-26-17-20(4)25(18-27(26)36-5)30-28-22-9-13-24(14-10-22)33(34)35/h7-14,17-19H,6,15-16H2,1-5H3. The van der Waals surface area contributed by atoms with Crippen LogP contribution in [0.25, 0.3) is 0 Å². The van der Waals surface area contributed by atoms with E-state index in [1.807, 2.05) is 25.1 Å². The molecule has 3 aromatic carbocycles. The molecule has 3 aromatic rings. The van der Waals surface area contributed by atoms with E-state index in [1.165, 1.54) is 17.8 Å². The van der Waals surface area contributed by atoms with Crippen LogP contribution in [0.15, 0.2) is 81.1 Å². The Morgan fingerprint density at radius 2 is 1.50 bits per heavy atom. The minimum absolute atomic E-state index is 0.00460. The lowest BCUT2D eigenvalue weighted by Crippen LogP contribution is -2.24. The van der Waals surface area contributed by atoms with Crippen LogP contribution in [0, 0.1) is 23.0 Å². The molecular formula is C27H32N6O3. The predicted octanol–water partition coefficient (Wildman–Crippen LogP) is 8.62. The number of hydrogen-bond acceptors (Lipinski definition) is 8. The highest BCUT2D eigenvalue weighted by molar-refractivity contribution is 5.63. The van der Waals surface area contributed by atoms with Crippen LogP contribution in [-0.4, -0.2) is 25.1 Å². The molecule has 0 aromatic heterocycles. The molecule has 36 heavy (non-hydrogen) atoms. The molecule has 0 amide bonds. The number of anilines is 1. The molecule has 3 rings (SSSR count). The number of ether oxygens (including phenoxy) is 1. The monoisotopic (exact) mass is 488 g/mol. The first-order chi connectivity index (χ1) is 17.3. The third-order valence-electron chi connectivity index (χ3n) is 5.68. The smallest absolute Gasteiger partial charge is 0.269 e. The lowest BCUT2D eigenvalue weighted by atomic mass is 10.1. The van der Waals surface area contributed by atoms with Gasteiger partial charge >= 0.3 is 0 Å². The van der Waals surface area contributed by atoms with Crippen molar-refractivity contribution in [3.8, 4) is 5.75 Å². The molecule has 0 saturated heterocycles. The Morgan fingerprint density at radius 3 is 2.03 bits per heavy atom. The minimum Gasteiger partial charge on any atom is -0.494 e. The van der Waals surface area contributed by atoms with E-state index in [0.717, 1.165) is 30.8 Å². The lowest BCUT2D eigenvalue weighted by Gasteiger charge is -2.24. The van der Waals surface area contributed by atoms with Gasteiger partial charge < -0.3 is 9.64 Å². The number of nitrogens with zero attached hydrogens (tertiary/aromatic N) is 6. The number of azo groups is 2. The maximum Gasteiger partial charge on any atom is 0.269 e. The molecule has 0 unspecified atom stereocenters. The van der Waals surface area contributed by atoms with Crippen molar-refractivity contribution in [1.82, 2.24) is 0 Å². The van der Waals surface area contributed by atoms with Crippen molar-refractivity contribution in [2.24, 2.45) is 26.4 Å². The van der Waals surface area contributed by atoms with Gasteiger partial charge in [-0.05, 0) is 74.2 Å². The first kappa shape index (κ1) is 26.5. The molecule has 0 radical (unpaired) electrons. The second kappa shape index (κ2) is 12.5. The molecular weight excluding hydrogens is 456 g/mol. The fourth-order valence-corrected chi connectivity index (χ4v) is 3.49. The second-order valence-corrected chi connectivity index (χ2v) is 8.76. The third kappa shape index (κ3) is 7.18. The van der Waals surface area contributed by atoms with Crippen molar-refractivity contribution in [2.45, 2.75) is 34.1 Å². The van der Waals surface area contributed by atoms with E-state index in [2.05, 4.69) is 58.3 Å². The van der Waals surface area contributed by atoms with Crippen LogP contribution >= 0.6 is 0 Å². The van der Waals surface area contributed by atoms with E-state index in [4.69, 9.17) is 4.74 Å². The number of non-ortho nitro benzene ring substituents is 1. The summed E-state index contributed by atoms with van der Waals surface area (Å²) in [5, 5.41) is 28.0.